The quantitative estimate of drug-likeness (QED) is 0.773. The molecule has 1 N–H and O–H groups in total. The van der Waals surface area contributed by atoms with Crippen molar-refractivity contribution in [2.45, 2.75) is 20.3 Å². The molecule has 0 aliphatic heterocycles. The van der Waals surface area contributed by atoms with Crippen LogP contribution in [0.5, 0.6) is 6.01 Å². The Balaban J connectivity index is 2.91. The Morgan fingerprint density at radius 2 is 2.11 bits per heavy atom. The zero-order valence-corrected chi connectivity index (χ0v) is 11.0. The van der Waals surface area contributed by atoms with Gasteiger partial charge in [-0.05, 0) is 13.8 Å². The van der Waals surface area contributed by atoms with Crippen molar-refractivity contribution in [1.29, 1.82) is 5.26 Å². The maximum atomic E-state index is 8.57. The molecule has 0 saturated carbocycles. The number of ether oxygens (including phenoxy) is 1. The van der Waals surface area contributed by atoms with Gasteiger partial charge in [0.25, 0.3) is 0 Å². The SMILES string of the molecule is CCNc1nc(OCC)nc(N(C)CCC#N)n1. The van der Waals surface area contributed by atoms with Gasteiger partial charge in [-0.1, -0.05) is 0 Å². The molecule has 0 fully saturated rings. The molecule has 98 valence electrons. The van der Waals surface area contributed by atoms with Crippen molar-refractivity contribution in [3.8, 4) is 12.1 Å². The molecule has 0 unspecified atom stereocenters. The lowest BCUT2D eigenvalue weighted by atomic mass is 10.4. The van der Waals surface area contributed by atoms with Crippen molar-refractivity contribution < 1.29 is 4.74 Å². The Labute approximate surface area is 107 Å². The van der Waals surface area contributed by atoms with Crippen LogP contribution in [0.15, 0.2) is 0 Å². The second kappa shape index (κ2) is 7.27. The van der Waals surface area contributed by atoms with Gasteiger partial charge >= 0.3 is 6.01 Å². The molecule has 18 heavy (non-hydrogen) atoms. The summed E-state index contributed by atoms with van der Waals surface area (Å²) in [6.07, 6.45) is 0.419. The first kappa shape index (κ1) is 14.0. The van der Waals surface area contributed by atoms with Gasteiger partial charge in [-0.15, -0.1) is 0 Å². The average Bonchev–Trinajstić information content (AvgIpc) is 2.36. The van der Waals surface area contributed by atoms with Crippen molar-refractivity contribution in [1.82, 2.24) is 15.0 Å². The molecule has 1 heterocycles. The smallest absolute Gasteiger partial charge is 0.323 e. The zero-order valence-electron chi connectivity index (χ0n) is 11.0. The molecule has 0 aliphatic rings. The van der Waals surface area contributed by atoms with Crippen LogP contribution in [0.2, 0.25) is 0 Å². The van der Waals surface area contributed by atoms with Crippen LogP contribution < -0.4 is 15.0 Å². The van der Waals surface area contributed by atoms with Gasteiger partial charge in [-0.3, -0.25) is 0 Å². The summed E-state index contributed by atoms with van der Waals surface area (Å²) in [7, 11) is 1.83. The molecule has 0 spiro atoms. The highest BCUT2D eigenvalue weighted by Gasteiger charge is 2.10. The first-order valence-electron chi connectivity index (χ1n) is 5.92. The number of nitrogens with one attached hydrogen (secondary N) is 1. The van der Waals surface area contributed by atoms with Crippen molar-refractivity contribution in [2.75, 3.05) is 37.0 Å². The number of nitrogens with zero attached hydrogens (tertiary/aromatic N) is 5. The Kier molecular flexibility index (Phi) is 5.64. The minimum atomic E-state index is 0.294. The number of hydrogen-bond acceptors (Lipinski definition) is 7. The van der Waals surface area contributed by atoms with Crippen molar-refractivity contribution in [2.24, 2.45) is 0 Å². The zero-order chi connectivity index (χ0) is 13.4. The lowest BCUT2D eigenvalue weighted by Crippen LogP contribution is -2.22. The molecular formula is C11H18N6O. The Morgan fingerprint density at radius 1 is 1.33 bits per heavy atom. The van der Waals surface area contributed by atoms with Gasteiger partial charge < -0.3 is 15.0 Å². The summed E-state index contributed by atoms with van der Waals surface area (Å²) in [5.41, 5.74) is 0. The van der Waals surface area contributed by atoms with E-state index in [1.54, 1.807) is 4.90 Å². The van der Waals surface area contributed by atoms with Crippen LogP contribution in [0.1, 0.15) is 20.3 Å². The first-order valence-corrected chi connectivity index (χ1v) is 5.92. The fraction of sp³-hybridized carbons (Fsp3) is 0.636. The predicted octanol–water partition coefficient (Wildman–Crippen LogP) is 1.05. The number of anilines is 2. The molecule has 1 rings (SSSR count). The maximum Gasteiger partial charge on any atom is 0.323 e. The highest BCUT2D eigenvalue weighted by molar-refractivity contribution is 5.37. The Bertz CT molecular complexity index is 392. The van der Waals surface area contributed by atoms with E-state index in [1.807, 2.05) is 20.9 Å². The largest absolute Gasteiger partial charge is 0.464 e. The van der Waals surface area contributed by atoms with Gasteiger partial charge in [-0.25, -0.2) is 0 Å². The van der Waals surface area contributed by atoms with Crippen LogP contribution in [0, 0.1) is 11.3 Å². The molecule has 0 aromatic carbocycles. The Morgan fingerprint density at radius 3 is 2.72 bits per heavy atom. The molecule has 7 nitrogen and oxygen atoms in total. The molecule has 0 radical (unpaired) electrons. The van der Waals surface area contributed by atoms with E-state index in [1.165, 1.54) is 0 Å². The average molecular weight is 250 g/mol. The lowest BCUT2D eigenvalue weighted by molar-refractivity contribution is 0.312. The summed E-state index contributed by atoms with van der Waals surface area (Å²) in [6.45, 7) is 5.62. The molecule has 1 aromatic rings. The fourth-order valence-corrected chi connectivity index (χ4v) is 1.27. The maximum absolute atomic E-state index is 8.57. The molecule has 0 amide bonds. The van der Waals surface area contributed by atoms with Gasteiger partial charge in [0, 0.05) is 20.1 Å². The van der Waals surface area contributed by atoms with Gasteiger partial charge in [0.15, 0.2) is 0 Å². The van der Waals surface area contributed by atoms with Crippen LogP contribution in [0.3, 0.4) is 0 Å². The predicted molar refractivity (Wildman–Crippen MR) is 68.7 cm³/mol. The Hall–Kier alpha value is -2.10. The van der Waals surface area contributed by atoms with E-state index < -0.39 is 0 Å². The fourth-order valence-electron chi connectivity index (χ4n) is 1.27. The normalized spacial score (nSPS) is 9.67. The third-order valence-electron chi connectivity index (χ3n) is 2.11. The standard InChI is InChI=1S/C11H18N6O/c1-4-13-9-14-10(17(3)8-6-7-12)16-11(15-9)18-5-2/h4-6,8H2,1-3H3,(H,13,14,15,16). The number of aromatic nitrogens is 3. The van der Waals surface area contributed by atoms with E-state index in [2.05, 4.69) is 26.3 Å². The molecule has 0 atom stereocenters. The van der Waals surface area contributed by atoms with Crippen LogP contribution in [0.4, 0.5) is 11.9 Å². The summed E-state index contributed by atoms with van der Waals surface area (Å²) >= 11 is 0. The summed E-state index contributed by atoms with van der Waals surface area (Å²) < 4.78 is 5.29. The minimum absolute atomic E-state index is 0.294. The van der Waals surface area contributed by atoms with Gasteiger partial charge in [0.1, 0.15) is 0 Å². The van der Waals surface area contributed by atoms with Crippen LogP contribution in [0.25, 0.3) is 0 Å². The topological polar surface area (TPSA) is 87.0 Å². The summed E-state index contributed by atoms with van der Waals surface area (Å²) in [6, 6.07) is 2.38. The third kappa shape index (κ3) is 4.05. The van der Waals surface area contributed by atoms with E-state index in [9.17, 15) is 0 Å². The van der Waals surface area contributed by atoms with Crippen molar-refractivity contribution >= 4 is 11.9 Å². The van der Waals surface area contributed by atoms with Crippen LogP contribution >= 0.6 is 0 Å². The molecule has 0 saturated heterocycles. The monoisotopic (exact) mass is 250 g/mol. The summed E-state index contributed by atoms with van der Waals surface area (Å²) in [4.78, 5) is 14.4. The number of nitriles is 1. The van der Waals surface area contributed by atoms with E-state index in [4.69, 9.17) is 10.00 Å². The van der Waals surface area contributed by atoms with E-state index in [0.717, 1.165) is 6.54 Å². The first-order chi connectivity index (χ1) is 8.71. The van der Waals surface area contributed by atoms with Crippen molar-refractivity contribution in [3.63, 3.8) is 0 Å². The van der Waals surface area contributed by atoms with E-state index >= 15 is 0 Å². The van der Waals surface area contributed by atoms with Crippen molar-refractivity contribution in [3.05, 3.63) is 0 Å². The lowest BCUT2D eigenvalue weighted by Gasteiger charge is -2.16. The molecule has 0 aliphatic carbocycles. The second-order valence-corrected chi connectivity index (χ2v) is 3.53. The van der Waals surface area contributed by atoms with Gasteiger partial charge in [0.2, 0.25) is 11.9 Å². The van der Waals surface area contributed by atoms with Gasteiger partial charge in [0.05, 0.1) is 19.1 Å². The number of hydrogen-bond donors (Lipinski definition) is 1. The third-order valence-corrected chi connectivity index (χ3v) is 2.11. The van der Waals surface area contributed by atoms with Crippen LogP contribution in [-0.4, -0.2) is 41.7 Å². The summed E-state index contributed by atoms with van der Waals surface area (Å²) in [5, 5.41) is 11.6. The second-order valence-electron chi connectivity index (χ2n) is 3.53. The molecular weight excluding hydrogens is 232 g/mol. The highest BCUT2D eigenvalue weighted by Crippen LogP contribution is 2.14. The highest BCUT2D eigenvalue weighted by atomic mass is 16.5. The van der Waals surface area contributed by atoms with Gasteiger partial charge in [-0.2, -0.15) is 20.2 Å². The molecule has 0 bridgehead atoms. The van der Waals surface area contributed by atoms with E-state index in [0.29, 0.717) is 37.5 Å². The minimum Gasteiger partial charge on any atom is -0.464 e. The molecule has 7 heteroatoms. The number of rotatable bonds is 7. The summed E-state index contributed by atoms with van der Waals surface area (Å²) in [5.74, 6) is 0.981. The molecule has 1 aromatic heterocycles. The van der Waals surface area contributed by atoms with Crippen LogP contribution in [-0.2, 0) is 0 Å². The van der Waals surface area contributed by atoms with E-state index in [-0.39, 0.29) is 0 Å².